The zero-order valence-electron chi connectivity index (χ0n) is 22.1. The van der Waals surface area contributed by atoms with Gasteiger partial charge in [0.05, 0.1) is 24.5 Å². The molecule has 2 amide bonds. The average Bonchev–Trinajstić information content (AvgIpc) is 2.92. The van der Waals surface area contributed by atoms with E-state index in [1.165, 1.54) is 4.90 Å². The number of carbonyl (C=O) groups excluding carboxylic acids is 3. The molecule has 2 aromatic rings. The number of hydrogen-bond donors (Lipinski definition) is 0. The number of allylic oxidation sites excluding steroid dienone is 1. The summed E-state index contributed by atoms with van der Waals surface area (Å²) in [6.45, 7) is 8.47. The first-order valence-corrected chi connectivity index (χ1v) is 13.4. The number of halogens is 1. The molecular weight excluding hydrogens is 506 g/mol. The minimum Gasteiger partial charge on any atom is -0.492 e. The summed E-state index contributed by atoms with van der Waals surface area (Å²) in [5.74, 6) is -0.455. The van der Waals surface area contributed by atoms with E-state index in [2.05, 4.69) is 4.90 Å². The van der Waals surface area contributed by atoms with Crippen LogP contribution in [0.2, 0.25) is 5.02 Å². The molecule has 2 aliphatic rings. The fraction of sp³-hybridized carbons (Fsp3) is 0.414. The fourth-order valence-corrected chi connectivity index (χ4v) is 5.21. The summed E-state index contributed by atoms with van der Waals surface area (Å²) in [6, 6.07) is 15.0. The number of hydrogen-bond acceptors (Lipinski definition) is 6. The molecule has 1 unspecified atom stereocenters. The molecule has 8 nitrogen and oxygen atoms in total. The van der Waals surface area contributed by atoms with Crippen LogP contribution in [-0.4, -0.2) is 73.5 Å². The molecule has 202 valence electrons. The van der Waals surface area contributed by atoms with Crippen LogP contribution >= 0.6 is 11.6 Å². The van der Waals surface area contributed by atoms with E-state index >= 15 is 0 Å². The Balaban J connectivity index is 1.49. The Morgan fingerprint density at radius 2 is 1.66 bits per heavy atom. The van der Waals surface area contributed by atoms with Crippen LogP contribution < -0.4 is 9.64 Å². The van der Waals surface area contributed by atoms with Gasteiger partial charge in [-0.2, -0.15) is 0 Å². The Morgan fingerprint density at radius 1 is 0.974 bits per heavy atom. The maximum absolute atomic E-state index is 13.3. The topological polar surface area (TPSA) is 79.4 Å². The summed E-state index contributed by atoms with van der Waals surface area (Å²) in [7, 11) is 0. The summed E-state index contributed by atoms with van der Waals surface area (Å²) < 4.78 is 11.1. The van der Waals surface area contributed by atoms with Crippen molar-refractivity contribution in [3.8, 4) is 5.75 Å². The third-order valence-electron chi connectivity index (χ3n) is 7.02. The number of ether oxygens (including phenoxy) is 2. The predicted octanol–water partition coefficient (Wildman–Crippen LogP) is 4.24. The van der Waals surface area contributed by atoms with Gasteiger partial charge < -0.3 is 24.2 Å². The molecule has 0 N–H and O–H groups in total. The summed E-state index contributed by atoms with van der Waals surface area (Å²) in [4.78, 5) is 45.0. The number of benzene rings is 2. The zero-order valence-corrected chi connectivity index (χ0v) is 22.9. The summed E-state index contributed by atoms with van der Waals surface area (Å²) in [5, 5.41) is 0.572. The molecule has 2 aromatic carbocycles. The summed E-state index contributed by atoms with van der Waals surface area (Å²) >= 11 is 6.05. The molecule has 0 bridgehead atoms. The molecule has 9 heteroatoms. The SMILES string of the molecule is CCOC(=O)C1=C(C)N(CC(=O)N2CCN(c3ccccc3OCC)CC2)C(=O)CC1c1ccc(Cl)cc1. The van der Waals surface area contributed by atoms with E-state index in [0.717, 1.165) is 17.0 Å². The highest BCUT2D eigenvalue weighted by atomic mass is 35.5. The van der Waals surface area contributed by atoms with E-state index in [9.17, 15) is 14.4 Å². The second-order valence-corrected chi connectivity index (χ2v) is 9.71. The van der Waals surface area contributed by atoms with E-state index in [4.69, 9.17) is 21.1 Å². The highest BCUT2D eigenvalue weighted by Crippen LogP contribution is 2.37. The maximum Gasteiger partial charge on any atom is 0.336 e. The van der Waals surface area contributed by atoms with Crippen LogP contribution in [0.3, 0.4) is 0 Å². The minimum absolute atomic E-state index is 0.0718. The largest absolute Gasteiger partial charge is 0.492 e. The normalized spacial score (nSPS) is 18.1. The second kappa shape index (κ2) is 12.3. The Morgan fingerprint density at radius 3 is 2.32 bits per heavy atom. The smallest absolute Gasteiger partial charge is 0.336 e. The number of esters is 1. The Hall–Kier alpha value is -3.52. The van der Waals surface area contributed by atoms with E-state index in [1.54, 1.807) is 30.9 Å². The van der Waals surface area contributed by atoms with Crippen molar-refractivity contribution in [1.82, 2.24) is 9.80 Å². The van der Waals surface area contributed by atoms with Crippen LogP contribution in [-0.2, 0) is 19.1 Å². The lowest BCUT2D eigenvalue weighted by Crippen LogP contribution is -2.52. The van der Waals surface area contributed by atoms with Crippen LogP contribution in [0.25, 0.3) is 0 Å². The number of carbonyl (C=O) groups is 3. The first-order chi connectivity index (χ1) is 18.3. The lowest BCUT2D eigenvalue weighted by atomic mass is 9.83. The molecule has 2 aliphatic heterocycles. The number of anilines is 1. The number of para-hydroxylation sites is 2. The lowest BCUT2D eigenvalue weighted by Gasteiger charge is -2.39. The van der Waals surface area contributed by atoms with Gasteiger partial charge in [0.25, 0.3) is 0 Å². The molecule has 1 atom stereocenters. The van der Waals surface area contributed by atoms with Gasteiger partial charge in [0.1, 0.15) is 12.3 Å². The Kier molecular flexibility index (Phi) is 8.94. The van der Waals surface area contributed by atoms with Crippen molar-refractivity contribution in [2.45, 2.75) is 33.1 Å². The summed E-state index contributed by atoms with van der Waals surface area (Å²) in [5.41, 5.74) is 2.68. The molecule has 0 saturated carbocycles. The first-order valence-electron chi connectivity index (χ1n) is 13.0. The predicted molar refractivity (Wildman–Crippen MR) is 146 cm³/mol. The summed E-state index contributed by atoms with van der Waals surface area (Å²) in [6.07, 6.45) is 0.0718. The van der Waals surface area contributed by atoms with Gasteiger partial charge >= 0.3 is 5.97 Å². The molecule has 0 aliphatic carbocycles. The monoisotopic (exact) mass is 539 g/mol. The third kappa shape index (κ3) is 5.96. The van der Waals surface area contributed by atoms with Gasteiger partial charge in [-0.25, -0.2) is 4.79 Å². The van der Waals surface area contributed by atoms with Gasteiger partial charge in [0.2, 0.25) is 11.8 Å². The van der Waals surface area contributed by atoms with Gasteiger partial charge in [0.15, 0.2) is 0 Å². The van der Waals surface area contributed by atoms with Crippen LogP contribution in [0.5, 0.6) is 5.75 Å². The van der Waals surface area contributed by atoms with Crippen molar-refractivity contribution >= 4 is 35.1 Å². The third-order valence-corrected chi connectivity index (χ3v) is 7.27. The van der Waals surface area contributed by atoms with Gasteiger partial charge in [-0.3, -0.25) is 9.59 Å². The molecule has 1 saturated heterocycles. The van der Waals surface area contributed by atoms with Crippen molar-refractivity contribution in [1.29, 1.82) is 0 Å². The molecule has 1 fully saturated rings. The standard InChI is InChI=1S/C29H34ClN3O5/c1-4-37-25-9-7-6-8-24(25)31-14-16-32(17-15-31)27(35)19-33-20(3)28(29(36)38-5-2)23(18-26(33)34)21-10-12-22(30)13-11-21/h6-13,23H,4-5,14-19H2,1-3H3. The van der Waals surface area contributed by atoms with E-state index in [0.29, 0.717) is 49.1 Å². The zero-order chi connectivity index (χ0) is 27.2. The van der Waals surface area contributed by atoms with Crippen molar-refractivity contribution in [2.75, 3.05) is 50.8 Å². The molecule has 4 rings (SSSR count). The Labute approximate surface area is 228 Å². The van der Waals surface area contributed by atoms with Crippen molar-refractivity contribution in [2.24, 2.45) is 0 Å². The maximum atomic E-state index is 13.3. The lowest BCUT2D eigenvalue weighted by molar-refractivity contribution is -0.142. The fourth-order valence-electron chi connectivity index (χ4n) is 5.08. The van der Waals surface area contributed by atoms with Crippen molar-refractivity contribution in [3.63, 3.8) is 0 Å². The highest BCUT2D eigenvalue weighted by molar-refractivity contribution is 6.30. The van der Waals surface area contributed by atoms with Gasteiger partial charge in [-0.15, -0.1) is 0 Å². The molecule has 38 heavy (non-hydrogen) atoms. The second-order valence-electron chi connectivity index (χ2n) is 9.28. The molecule has 0 radical (unpaired) electrons. The van der Waals surface area contributed by atoms with E-state index in [-0.39, 0.29) is 31.4 Å². The Bertz CT molecular complexity index is 1200. The number of amides is 2. The molecular formula is C29H34ClN3O5. The first kappa shape index (κ1) is 27.5. The molecule has 0 spiro atoms. The van der Waals surface area contributed by atoms with E-state index in [1.807, 2.05) is 43.3 Å². The van der Waals surface area contributed by atoms with Gasteiger partial charge in [-0.05, 0) is 50.6 Å². The molecule has 2 heterocycles. The number of rotatable bonds is 8. The quantitative estimate of drug-likeness (QED) is 0.467. The average molecular weight is 540 g/mol. The van der Waals surface area contributed by atoms with Crippen molar-refractivity contribution < 1.29 is 23.9 Å². The van der Waals surface area contributed by atoms with Crippen LogP contribution in [0.1, 0.15) is 38.7 Å². The van der Waals surface area contributed by atoms with Gasteiger partial charge in [0, 0.05) is 49.2 Å². The molecule has 0 aromatic heterocycles. The van der Waals surface area contributed by atoms with Crippen molar-refractivity contribution in [3.05, 3.63) is 70.4 Å². The van der Waals surface area contributed by atoms with Crippen LogP contribution in [0.4, 0.5) is 5.69 Å². The van der Waals surface area contributed by atoms with Crippen LogP contribution in [0.15, 0.2) is 59.8 Å². The highest BCUT2D eigenvalue weighted by Gasteiger charge is 2.38. The van der Waals surface area contributed by atoms with Crippen LogP contribution in [0, 0.1) is 0 Å². The number of nitrogens with zero attached hydrogens (tertiary/aromatic N) is 3. The van der Waals surface area contributed by atoms with E-state index < -0.39 is 11.9 Å². The number of piperazine rings is 1. The van der Waals surface area contributed by atoms with Gasteiger partial charge in [-0.1, -0.05) is 35.9 Å². The minimum atomic E-state index is -0.475.